The molecule has 0 unspecified atom stereocenters. The van der Waals surface area contributed by atoms with E-state index in [0.717, 1.165) is 46.7 Å². The Morgan fingerprint density at radius 1 is 0.909 bits per heavy atom. The van der Waals surface area contributed by atoms with E-state index >= 15 is 0 Å². The maximum Gasteiger partial charge on any atom is 0.264 e. The maximum atomic E-state index is 14.4. The van der Waals surface area contributed by atoms with Crippen molar-refractivity contribution in [3.05, 3.63) is 83.4 Å². The topological polar surface area (TPSA) is 105 Å². The number of nitrogens with zero attached hydrogens (tertiary/aromatic N) is 2. The summed E-state index contributed by atoms with van der Waals surface area (Å²) in [5, 5.41) is 3.14. The molecule has 1 aliphatic carbocycles. The second-order valence-corrected chi connectivity index (χ2v) is 13.2. The van der Waals surface area contributed by atoms with Gasteiger partial charge in [-0.3, -0.25) is 13.9 Å². The molecule has 44 heavy (non-hydrogen) atoms. The van der Waals surface area contributed by atoms with Crippen LogP contribution >= 0.6 is 0 Å². The Balaban J connectivity index is 1.76. The Labute approximate surface area is 261 Å². The summed E-state index contributed by atoms with van der Waals surface area (Å²) in [5.74, 6) is 0.0244. The van der Waals surface area contributed by atoms with Crippen LogP contribution in [0, 0.1) is 13.8 Å². The third-order valence-corrected chi connectivity index (χ3v) is 9.85. The Kier molecular flexibility index (Phi) is 10.9. The van der Waals surface area contributed by atoms with E-state index in [1.54, 1.807) is 24.3 Å². The van der Waals surface area contributed by atoms with Crippen LogP contribution in [0.15, 0.2) is 71.6 Å². The first-order valence-electron chi connectivity index (χ1n) is 15.0. The molecule has 4 rings (SSSR count). The SMILES string of the molecule is CC[C@@H](C(=O)NC1CCCC1)N(Cc1cccc(C)c1)C(=O)CN(c1ccc(OC)c(OC)c1)S(=O)(=O)c1ccc(C)cc1. The summed E-state index contributed by atoms with van der Waals surface area (Å²) in [5.41, 5.74) is 3.01. The van der Waals surface area contributed by atoms with E-state index in [1.807, 2.05) is 45.0 Å². The van der Waals surface area contributed by atoms with Crippen molar-refractivity contribution in [3.63, 3.8) is 0 Å². The first-order chi connectivity index (χ1) is 21.1. The molecule has 1 N–H and O–H groups in total. The lowest BCUT2D eigenvalue weighted by Gasteiger charge is -2.34. The van der Waals surface area contributed by atoms with Gasteiger partial charge in [-0.05, 0) is 62.9 Å². The minimum atomic E-state index is -4.21. The van der Waals surface area contributed by atoms with Gasteiger partial charge in [0.1, 0.15) is 12.6 Å². The predicted molar refractivity (Wildman–Crippen MR) is 171 cm³/mol. The molecule has 0 aliphatic heterocycles. The van der Waals surface area contributed by atoms with Gasteiger partial charge in [-0.25, -0.2) is 8.42 Å². The third-order valence-electron chi connectivity index (χ3n) is 8.07. The van der Waals surface area contributed by atoms with Crippen molar-refractivity contribution >= 4 is 27.5 Å². The van der Waals surface area contributed by atoms with Crippen LogP contribution in [0.5, 0.6) is 11.5 Å². The summed E-state index contributed by atoms with van der Waals surface area (Å²) >= 11 is 0. The molecule has 0 bridgehead atoms. The summed E-state index contributed by atoms with van der Waals surface area (Å²) < 4.78 is 40.2. The molecule has 1 aliphatic rings. The van der Waals surface area contributed by atoms with Gasteiger partial charge in [-0.15, -0.1) is 0 Å². The lowest BCUT2D eigenvalue weighted by molar-refractivity contribution is -0.140. The fourth-order valence-corrected chi connectivity index (χ4v) is 7.05. The summed E-state index contributed by atoms with van der Waals surface area (Å²) in [7, 11) is -1.25. The van der Waals surface area contributed by atoms with E-state index in [9.17, 15) is 18.0 Å². The van der Waals surface area contributed by atoms with E-state index < -0.39 is 28.5 Å². The third kappa shape index (κ3) is 7.72. The number of aryl methyl sites for hydroxylation is 2. The molecule has 0 saturated heterocycles. The number of hydrogen-bond acceptors (Lipinski definition) is 6. The van der Waals surface area contributed by atoms with E-state index in [2.05, 4.69) is 5.32 Å². The van der Waals surface area contributed by atoms with Crippen LogP contribution < -0.4 is 19.1 Å². The van der Waals surface area contributed by atoms with Gasteiger partial charge < -0.3 is 19.7 Å². The highest BCUT2D eigenvalue weighted by molar-refractivity contribution is 7.92. The zero-order valence-electron chi connectivity index (χ0n) is 26.2. The van der Waals surface area contributed by atoms with Crippen molar-refractivity contribution in [2.45, 2.75) is 76.4 Å². The first kappa shape index (κ1) is 32.9. The molecule has 236 valence electrons. The first-order valence-corrected chi connectivity index (χ1v) is 16.5. The number of anilines is 1. The van der Waals surface area contributed by atoms with E-state index in [4.69, 9.17) is 9.47 Å². The van der Waals surface area contributed by atoms with E-state index in [0.29, 0.717) is 17.9 Å². The molecule has 0 spiro atoms. The molecule has 3 aromatic carbocycles. The number of ether oxygens (including phenoxy) is 2. The van der Waals surface area contributed by atoms with Crippen LogP contribution in [-0.2, 0) is 26.2 Å². The van der Waals surface area contributed by atoms with Crippen LogP contribution in [0.2, 0.25) is 0 Å². The zero-order valence-corrected chi connectivity index (χ0v) is 27.0. The standard InChI is InChI=1S/C34H43N3O6S/c1-6-30(34(39)35-27-12-7-8-13-27)36(22-26-11-9-10-25(3)20-26)33(38)23-37(28-16-19-31(42-4)32(21-28)43-5)44(40,41)29-17-14-24(2)15-18-29/h9-11,14-21,27,30H,6-8,12-13,22-23H2,1-5H3,(H,35,39)/t30-/m0/s1. The largest absolute Gasteiger partial charge is 0.493 e. The highest BCUT2D eigenvalue weighted by Gasteiger charge is 2.35. The molecular weight excluding hydrogens is 578 g/mol. The number of amides is 2. The number of carbonyl (C=O) groups is 2. The van der Waals surface area contributed by atoms with Gasteiger partial charge in [0.25, 0.3) is 10.0 Å². The lowest BCUT2D eigenvalue weighted by Crippen LogP contribution is -2.53. The molecule has 9 nitrogen and oxygen atoms in total. The molecule has 1 fully saturated rings. The maximum absolute atomic E-state index is 14.4. The minimum absolute atomic E-state index is 0.0435. The quantitative estimate of drug-likeness (QED) is 0.275. The van der Waals surface area contributed by atoms with Crippen LogP contribution in [0.4, 0.5) is 5.69 Å². The van der Waals surface area contributed by atoms with Crippen molar-refractivity contribution in [1.82, 2.24) is 10.2 Å². The number of sulfonamides is 1. The van der Waals surface area contributed by atoms with Gasteiger partial charge in [0.15, 0.2) is 11.5 Å². The monoisotopic (exact) mass is 621 g/mol. The van der Waals surface area contributed by atoms with E-state index in [-0.39, 0.29) is 29.1 Å². The second-order valence-electron chi connectivity index (χ2n) is 11.3. The average molecular weight is 622 g/mol. The molecule has 1 atom stereocenters. The van der Waals surface area contributed by atoms with Crippen LogP contribution in [0.25, 0.3) is 0 Å². The number of benzene rings is 3. The number of hydrogen-bond donors (Lipinski definition) is 1. The van der Waals surface area contributed by atoms with Gasteiger partial charge in [0.2, 0.25) is 11.8 Å². The molecule has 1 saturated carbocycles. The van der Waals surface area contributed by atoms with Gasteiger partial charge in [-0.2, -0.15) is 0 Å². The minimum Gasteiger partial charge on any atom is -0.493 e. The molecule has 2 amide bonds. The molecule has 10 heteroatoms. The Morgan fingerprint density at radius 2 is 1.59 bits per heavy atom. The average Bonchev–Trinajstić information content (AvgIpc) is 3.52. The van der Waals surface area contributed by atoms with Gasteiger partial charge in [0.05, 0.1) is 24.8 Å². The summed E-state index contributed by atoms with van der Waals surface area (Å²) in [4.78, 5) is 29.5. The summed E-state index contributed by atoms with van der Waals surface area (Å²) in [6, 6.07) is 18.2. The van der Waals surface area contributed by atoms with Gasteiger partial charge >= 0.3 is 0 Å². The highest BCUT2D eigenvalue weighted by Crippen LogP contribution is 2.34. The van der Waals surface area contributed by atoms with Crippen molar-refractivity contribution in [2.75, 3.05) is 25.1 Å². The Bertz CT molecular complexity index is 1550. The van der Waals surface area contributed by atoms with Crippen molar-refractivity contribution in [1.29, 1.82) is 0 Å². The lowest BCUT2D eigenvalue weighted by atomic mass is 10.1. The van der Waals surface area contributed by atoms with E-state index in [1.165, 1.54) is 37.3 Å². The smallest absolute Gasteiger partial charge is 0.264 e. The number of nitrogens with one attached hydrogen (secondary N) is 1. The van der Waals surface area contributed by atoms with Gasteiger partial charge in [-0.1, -0.05) is 67.3 Å². The van der Waals surface area contributed by atoms with Gasteiger partial charge in [0, 0.05) is 18.7 Å². The fraction of sp³-hybridized carbons (Fsp3) is 0.412. The summed E-state index contributed by atoms with van der Waals surface area (Å²) in [6.07, 6.45) is 4.32. The predicted octanol–water partition coefficient (Wildman–Crippen LogP) is 5.38. The second kappa shape index (κ2) is 14.6. The van der Waals surface area contributed by atoms with Crippen LogP contribution in [-0.4, -0.2) is 58.0 Å². The number of carbonyl (C=O) groups excluding carboxylic acids is 2. The molecule has 0 heterocycles. The normalized spacial score (nSPS) is 14.1. The molecular formula is C34H43N3O6S. The Hall–Kier alpha value is -4.05. The number of rotatable bonds is 13. The highest BCUT2D eigenvalue weighted by atomic mass is 32.2. The van der Waals surface area contributed by atoms with Crippen molar-refractivity contribution < 1.29 is 27.5 Å². The van der Waals surface area contributed by atoms with Crippen molar-refractivity contribution in [3.8, 4) is 11.5 Å². The van der Waals surface area contributed by atoms with Crippen LogP contribution in [0.3, 0.4) is 0 Å². The van der Waals surface area contributed by atoms with Crippen molar-refractivity contribution in [2.24, 2.45) is 0 Å². The molecule has 0 aromatic heterocycles. The Morgan fingerprint density at radius 3 is 2.20 bits per heavy atom. The van der Waals surface area contributed by atoms with Crippen LogP contribution in [0.1, 0.15) is 55.7 Å². The molecule has 3 aromatic rings. The molecule has 0 radical (unpaired) electrons. The summed E-state index contributed by atoms with van der Waals surface area (Å²) in [6.45, 7) is 5.33. The fourth-order valence-electron chi connectivity index (χ4n) is 5.64. The zero-order chi connectivity index (χ0) is 31.9. The number of methoxy groups -OCH3 is 2.